The predicted molar refractivity (Wildman–Crippen MR) is 107 cm³/mol. The Balaban J connectivity index is 1.41. The maximum Gasteiger partial charge on any atom is 0.315 e. The van der Waals surface area contributed by atoms with Crippen LogP contribution in [-0.2, 0) is 9.59 Å². The van der Waals surface area contributed by atoms with Gasteiger partial charge in [0.25, 0.3) is 0 Å². The summed E-state index contributed by atoms with van der Waals surface area (Å²) in [4.78, 5) is 34.6. The molecular weight excluding hydrogens is 364 g/mol. The molecular formula is C19H30N4O3S. The molecule has 8 heteroatoms. The van der Waals surface area contributed by atoms with Crippen LogP contribution in [0.25, 0.3) is 0 Å². The minimum absolute atomic E-state index is 0.0170. The van der Waals surface area contributed by atoms with Crippen molar-refractivity contribution in [3.63, 3.8) is 0 Å². The van der Waals surface area contributed by atoms with E-state index in [4.69, 9.17) is 6.42 Å². The molecule has 150 valence electrons. The maximum absolute atomic E-state index is 11.9. The molecule has 0 aromatic rings. The number of hydrogen-bond donors (Lipinski definition) is 4. The Hall–Kier alpha value is -1.88. The SMILES string of the molecule is C#CCNC(=O)CCCCCNC(=O)CCCCC1SCC2NC(=O)NC21. The van der Waals surface area contributed by atoms with Gasteiger partial charge in [0, 0.05) is 30.4 Å². The van der Waals surface area contributed by atoms with Crippen LogP contribution in [0.5, 0.6) is 0 Å². The Kier molecular flexibility index (Phi) is 9.32. The fourth-order valence-corrected chi connectivity index (χ4v) is 4.96. The van der Waals surface area contributed by atoms with Gasteiger partial charge < -0.3 is 21.3 Å². The first-order valence-corrected chi connectivity index (χ1v) is 10.8. The summed E-state index contributed by atoms with van der Waals surface area (Å²) >= 11 is 1.91. The number of nitrogens with one attached hydrogen (secondary N) is 4. The molecule has 4 amide bonds. The molecule has 2 rings (SSSR count). The van der Waals surface area contributed by atoms with E-state index >= 15 is 0 Å². The van der Waals surface area contributed by atoms with Crippen LogP contribution < -0.4 is 21.3 Å². The summed E-state index contributed by atoms with van der Waals surface area (Å²) in [7, 11) is 0. The number of thioether (sulfide) groups is 1. The van der Waals surface area contributed by atoms with Gasteiger partial charge in [-0.3, -0.25) is 9.59 Å². The number of fused-ring (bicyclic) bond motifs is 1. The lowest BCUT2D eigenvalue weighted by Gasteiger charge is -2.16. The van der Waals surface area contributed by atoms with Crippen LogP contribution in [0.15, 0.2) is 0 Å². The van der Waals surface area contributed by atoms with Gasteiger partial charge in [-0.2, -0.15) is 11.8 Å². The Bertz CT molecular complexity index is 564. The van der Waals surface area contributed by atoms with Crippen molar-refractivity contribution in [2.45, 2.75) is 68.7 Å². The summed E-state index contributed by atoms with van der Waals surface area (Å²) in [5.74, 6) is 3.42. The molecule has 0 aliphatic carbocycles. The molecule has 3 atom stereocenters. The van der Waals surface area contributed by atoms with Gasteiger partial charge in [-0.25, -0.2) is 4.79 Å². The fraction of sp³-hybridized carbons (Fsp3) is 0.737. The number of carbonyl (C=O) groups is 3. The second kappa shape index (κ2) is 11.8. The molecule has 0 aromatic carbocycles. The molecule has 0 radical (unpaired) electrons. The van der Waals surface area contributed by atoms with E-state index in [0.29, 0.717) is 24.6 Å². The minimum atomic E-state index is -0.0529. The molecule has 2 aliphatic rings. The van der Waals surface area contributed by atoms with Crippen molar-refractivity contribution in [1.82, 2.24) is 21.3 Å². The quantitative estimate of drug-likeness (QED) is 0.227. The van der Waals surface area contributed by atoms with Gasteiger partial charge >= 0.3 is 6.03 Å². The summed E-state index contributed by atoms with van der Waals surface area (Å²) in [6.07, 6.45) is 11.6. The van der Waals surface area contributed by atoms with Crippen molar-refractivity contribution < 1.29 is 14.4 Å². The van der Waals surface area contributed by atoms with Crippen LogP contribution in [0, 0.1) is 12.3 Å². The zero-order valence-corrected chi connectivity index (χ0v) is 16.5. The summed E-state index contributed by atoms with van der Waals surface area (Å²) in [5.41, 5.74) is 0. The third-order valence-electron chi connectivity index (χ3n) is 4.87. The summed E-state index contributed by atoms with van der Waals surface area (Å²) in [6.45, 7) is 0.936. The number of amides is 4. The van der Waals surface area contributed by atoms with E-state index < -0.39 is 0 Å². The van der Waals surface area contributed by atoms with E-state index in [2.05, 4.69) is 27.2 Å². The fourth-order valence-electron chi connectivity index (χ4n) is 3.42. The predicted octanol–water partition coefficient (Wildman–Crippen LogP) is 1.14. The molecule has 0 bridgehead atoms. The molecule has 2 aliphatic heterocycles. The highest BCUT2D eigenvalue weighted by molar-refractivity contribution is 8.00. The highest BCUT2D eigenvalue weighted by Crippen LogP contribution is 2.33. The zero-order valence-electron chi connectivity index (χ0n) is 15.7. The standard InChI is InChI=1S/C19H30N4O3S/c1-2-11-20-16(24)9-4-3-7-12-21-17(25)10-6-5-8-15-18-14(13-27-15)22-19(26)23-18/h1,14-15,18H,3-13H2,(H,20,24)(H,21,25)(H2,22,23,26). The number of rotatable bonds is 12. The van der Waals surface area contributed by atoms with Gasteiger partial charge in [0.05, 0.1) is 18.6 Å². The monoisotopic (exact) mass is 394 g/mol. The Morgan fingerprint density at radius 3 is 2.59 bits per heavy atom. The lowest BCUT2D eigenvalue weighted by Crippen LogP contribution is -2.36. The average Bonchev–Trinajstić information content (AvgIpc) is 3.19. The lowest BCUT2D eigenvalue weighted by molar-refractivity contribution is -0.122. The molecule has 0 saturated carbocycles. The maximum atomic E-state index is 11.9. The van der Waals surface area contributed by atoms with Crippen molar-refractivity contribution in [2.75, 3.05) is 18.8 Å². The molecule has 2 saturated heterocycles. The van der Waals surface area contributed by atoms with Gasteiger partial charge in [0.1, 0.15) is 0 Å². The van der Waals surface area contributed by atoms with Crippen LogP contribution >= 0.6 is 11.8 Å². The van der Waals surface area contributed by atoms with Crippen LogP contribution in [-0.4, -0.2) is 54.0 Å². The van der Waals surface area contributed by atoms with Gasteiger partial charge in [0.2, 0.25) is 11.8 Å². The van der Waals surface area contributed by atoms with Gasteiger partial charge in [-0.15, -0.1) is 6.42 Å². The molecule has 4 N–H and O–H groups in total. The van der Waals surface area contributed by atoms with E-state index in [1.165, 1.54) is 0 Å². The van der Waals surface area contributed by atoms with E-state index in [9.17, 15) is 14.4 Å². The van der Waals surface area contributed by atoms with E-state index in [1.54, 1.807) is 0 Å². The van der Waals surface area contributed by atoms with E-state index in [-0.39, 0.29) is 36.5 Å². The molecule has 27 heavy (non-hydrogen) atoms. The Labute approximate surface area is 165 Å². The van der Waals surface area contributed by atoms with Crippen molar-refractivity contribution >= 4 is 29.6 Å². The number of hydrogen-bond acceptors (Lipinski definition) is 4. The highest BCUT2D eigenvalue weighted by Gasteiger charge is 2.42. The summed E-state index contributed by atoms with van der Waals surface area (Å²) in [5, 5.41) is 12.0. The third-order valence-corrected chi connectivity index (χ3v) is 6.38. The molecule has 0 spiro atoms. The third kappa shape index (κ3) is 7.71. The normalized spacial score (nSPS) is 23.1. The summed E-state index contributed by atoms with van der Waals surface area (Å²) < 4.78 is 0. The van der Waals surface area contributed by atoms with E-state index in [0.717, 1.165) is 44.3 Å². The van der Waals surface area contributed by atoms with Crippen molar-refractivity contribution in [1.29, 1.82) is 0 Å². The molecule has 2 fully saturated rings. The Morgan fingerprint density at radius 1 is 1.07 bits per heavy atom. The summed E-state index contributed by atoms with van der Waals surface area (Å²) in [6, 6.07) is 0.451. The second-order valence-corrected chi connectivity index (χ2v) is 8.28. The molecule has 3 unspecified atom stereocenters. The van der Waals surface area contributed by atoms with Gasteiger partial charge in [-0.1, -0.05) is 18.8 Å². The zero-order chi connectivity index (χ0) is 19.5. The topological polar surface area (TPSA) is 99.3 Å². The van der Waals surface area contributed by atoms with Crippen LogP contribution in [0.3, 0.4) is 0 Å². The highest BCUT2D eigenvalue weighted by atomic mass is 32.2. The van der Waals surface area contributed by atoms with Crippen LogP contribution in [0.1, 0.15) is 51.4 Å². The first-order valence-electron chi connectivity index (χ1n) is 9.75. The van der Waals surface area contributed by atoms with Crippen molar-refractivity contribution in [3.05, 3.63) is 0 Å². The largest absolute Gasteiger partial charge is 0.356 e. The minimum Gasteiger partial charge on any atom is -0.356 e. The van der Waals surface area contributed by atoms with Crippen LogP contribution in [0.2, 0.25) is 0 Å². The average molecular weight is 395 g/mol. The van der Waals surface area contributed by atoms with Crippen LogP contribution in [0.4, 0.5) is 4.79 Å². The molecule has 2 heterocycles. The van der Waals surface area contributed by atoms with Gasteiger partial charge in [-0.05, 0) is 25.7 Å². The Morgan fingerprint density at radius 2 is 1.81 bits per heavy atom. The van der Waals surface area contributed by atoms with Crippen molar-refractivity contribution in [3.8, 4) is 12.3 Å². The number of unbranched alkanes of at least 4 members (excludes halogenated alkanes) is 3. The lowest BCUT2D eigenvalue weighted by atomic mass is 10.0. The number of carbonyl (C=O) groups excluding carboxylic acids is 3. The van der Waals surface area contributed by atoms with Crippen molar-refractivity contribution in [2.24, 2.45) is 0 Å². The molecule has 0 aromatic heterocycles. The number of urea groups is 1. The first kappa shape index (κ1) is 21.4. The molecule has 7 nitrogen and oxygen atoms in total. The van der Waals surface area contributed by atoms with Gasteiger partial charge in [0.15, 0.2) is 0 Å². The second-order valence-electron chi connectivity index (χ2n) is 7.01. The number of terminal acetylenes is 1. The smallest absolute Gasteiger partial charge is 0.315 e. The van der Waals surface area contributed by atoms with E-state index in [1.807, 2.05) is 11.8 Å². The first-order chi connectivity index (χ1) is 13.1.